The van der Waals surface area contributed by atoms with Crippen LogP contribution in [0.5, 0.6) is 11.5 Å². The standard InChI is InChI=1S/C24H33N3O3S/c1-3-30-22-18-27(31-23-7-4-6-21(29-2)24(22)23)13-5-12-25-14-16-26(17-15-25)19-8-10-20(28)11-9-19/h4,6-11,22,28H,3,5,12-18H2,1-2H3. The molecule has 1 unspecified atom stereocenters. The van der Waals surface area contributed by atoms with Crippen molar-refractivity contribution in [1.82, 2.24) is 9.21 Å². The molecule has 0 aromatic heterocycles. The summed E-state index contributed by atoms with van der Waals surface area (Å²) in [5, 5.41) is 9.48. The Balaban J connectivity index is 1.26. The number of phenols is 1. The molecule has 0 amide bonds. The number of aromatic hydroxyl groups is 1. The van der Waals surface area contributed by atoms with Crippen molar-refractivity contribution in [1.29, 1.82) is 0 Å². The van der Waals surface area contributed by atoms with Gasteiger partial charge in [-0.2, -0.15) is 0 Å². The molecule has 0 bridgehead atoms. The van der Waals surface area contributed by atoms with Gasteiger partial charge in [0.1, 0.15) is 17.6 Å². The van der Waals surface area contributed by atoms with Crippen LogP contribution in [0.15, 0.2) is 47.4 Å². The average molecular weight is 444 g/mol. The van der Waals surface area contributed by atoms with Crippen molar-refractivity contribution in [3.05, 3.63) is 48.0 Å². The lowest BCUT2D eigenvalue weighted by atomic mass is 10.1. The Labute approximate surface area is 189 Å². The lowest BCUT2D eigenvalue weighted by Gasteiger charge is -2.37. The maximum absolute atomic E-state index is 9.48. The zero-order valence-electron chi connectivity index (χ0n) is 18.5. The van der Waals surface area contributed by atoms with E-state index in [4.69, 9.17) is 9.47 Å². The van der Waals surface area contributed by atoms with Crippen LogP contribution in [0.4, 0.5) is 5.69 Å². The molecule has 1 saturated heterocycles. The minimum absolute atomic E-state index is 0.0613. The third-order valence-electron chi connectivity index (χ3n) is 6.00. The fourth-order valence-electron chi connectivity index (χ4n) is 4.39. The first kappa shape index (κ1) is 22.3. The number of benzene rings is 2. The summed E-state index contributed by atoms with van der Waals surface area (Å²) in [4.78, 5) is 6.20. The van der Waals surface area contributed by atoms with E-state index in [1.165, 1.54) is 16.1 Å². The summed E-state index contributed by atoms with van der Waals surface area (Å²) in [6.07, 6.45) is 1.20. The van der Waals surface area contributed by atoms with E-state index in [9.17, 15) is 5.11 Å². The Hall–Kier alpha value is -1.93. The van der Waals surface area contributed by atoms with Gasteiger partial charge in [-0.15, -0.1) is 0 Å². The van der Waals surface area contributed by atoms with Gasteiger partial charge < -0.3 is 19.5 Å². The molecule has 0 aliphatic carbocycles. The van der Waals surface area contributed by atoms with E-state index in [0.717, 1.165) is 58.0 Å². The molecule has 2 aliphatic rings. The van der Waals surface area contributed by atoms with Crippen molar-refractivity contribution in [2.45, 2.75) is 24.3 Å². The van der Waals surface area contributed by atoms with E-state index in [0.29, 0.717) is 12.4 Å². The molecule has 2 aliphatic heterocycles. The van der Waals surface area contributed by atoms with Crippen molar-refractivity contribution >= 4 is 17.6 Å². The summed E-state index contributed by atoms with van der Waals surface area (Å²) in [7, 11) is 1.73. The van der Waals surface area contributed by atoms with Gasteiger partial charge in [-0.1, -0.05) is 6.07 Å². The largest absolute Gasteiger partial charge is 0.508 e. The normalized spacial score (nSPS) is 19.9. The zero-order valence-corrected chi connectivity index (χ0v) is 19.3. The Morgan fingerprint density at radius 3 is 2.52 bits per heavy atom. The van der Waals surface area contributed by atoms with E-state index in [-0.39, 0.29) is 6.10 Å². The Kier molecular flexibility index (Phi) is 7.61. The van der Waals surface area contributed by atoms with Gasteiger partial charge in [0.05, 0.1) is 7.11 Å². The fraction of sp³-hybridized carbons (Fsp3) is 0.500. The first-order valence-electron chi connectivity index (χ1n) is 11.2. The molecule has 7 heteroatoms. The minimum atomic E-state index is 0.0613. The third kappa shape index (κ3) is 5.47. The lowest BCUT2D eigenvalue weighted by molar-refractivity contribution is 0.0433. The highest BCUT2D eigenvalue weighted by Crippen LogP contribution is 2.43. The van der Waals surface area contributed by atoms with Gasteiger partial charge in [0.25, 0.3) is 0 Å². The van der Waals surface area contributed by atoms with Crippen LogP contribution >= 0.6 is 11.9 Å². The van der Waals surface area contributed by atoms with Gasteiger partial charge in [0, 0.05) is 62.0 Å². The maximum Gasteiger partial charge on any atom is 0.125 e. The van der Waals surface area contributed by atoms with E-state index in [1.54, 1.807) is 19.2 Å². The van der Waals surface area contributed by atoms with Crippen LogP contribution in [0, 0.1) is 0 Å². The molecule has 0 saturated carbocycles. The van der Waals surface area contributed by atoms with E-state index in [2.05, 4.69) is 33.2 Å². The predicted molar refractivity (Wildman–Crippen MR) is 126 cm³/mol. The first-order valence-corrected chi connectivity index (χ1v) is 11.9. The number of piperazine rings is 1. The van der Waals surface area contributed by atoms with Gasteiger partial charge in [0.15, 0.2) is 0 Å². The SMILES string of the molecule is CCOC1CN(CCCN2CCN(c3ccc(O)cc3)CC2)Sc2cccc(OC)c21. The number of anilines is 1. The minimum Gasteiger partial charge on any atom is -0.508 e. The van der Waals surface area contributed by atoms with Gasteiger partial charge in [0.2, 0.25) is 0 Å². The highest BCUT2D eigenvalue weighted by atomic mass is 32.2. The van der Waals surface area contributed by atoms with Gasteiger partial charge in [-0.3, -0.25) is 4.90 Å². The molecule has 6 nitrogen and oxygen atoms in total. The summed E-state index contributed by atoms with van der Waals surface area (Å²) < 4.78 is 14.1. The van der Waals surface area contributed by atoms with Crippen LogP contribution in [-0.4, -0.2) is 73.8 Å². The Morgan fingerprint density at radius 1 is 1.03 bits per heavy atom. The van der Waals surface area contributed by atoms with Crippen molar-refractivity contribution in [3.8, 4) is 11.5 Å². The average Bonchev–Trinajstić information content (AvgIpc) is 2.80. The van der Waals surface area contributed by atoms with Crippen LogP contribution in [0.3, 0.4) is 0 Å². The van der Waals surface area contributed by atoms with Crippen LogP contribution in [0.25, 0.3) is 0 Å². The lowest BCUT2D eigenvalue weighted by Crippen LogP contribution is -2.47. The maximum atomic E-state index is 9.48. The number of nitrogens with zero attached hydrogens (tertiary/aromatic N) is 3. The van der Waals surface area contributed by atoms with Crippen LogP contribution in [-0.2, 0) is 4.74 Å². The Bertz CT molecular complexity index is 840. The monoisotopic (exact) mass is 443 g/mol. The first-order chi connectivity index (χ1) is 15.2. The summed E-state index contributed by atoms with van der Waals surface area (Å²) in [6, 6.07) is 13.8. The number of rotatable bonds is 8. The van der Waals surface area contributed by atoms with Crippen molar-refractivity contribution in [2.24, 2.45) is 0 Å². The van der Waals surface area contributed by atoms with Gasteiger partial charge in [-0.05, 0) is 68.2 Å². The number of fused-ring (bicyclic) bond motifs is 1. The van der Waals surface area contributed by atoms with Crippen LogP contribution < -0.4 is 9.64 Å². The topological polar surface area (TPSA) is 48.4 Å². The smallest absolute Gasteiger partial charge is 0.125 e. The highest BCUT2D eigenvalue weighted by molar-refractivity contribution is 7.97. The quantitative estimate of drug-likeness (QED) is 0.619. The number of methoxy groups -OCH3 is 1. The number of ether oxygens (including phenoxy) is 2. The fourth-order valence-corrected chi connectivity index (χ4v) is 5.57. The molecule has 2 heterocycles. The Morgan fingerprint density at radius 2 is 1.81 bits per heavy atom. The van der Waals surface area contributed by atoms with Crippen molar-refractivity contribution in [3.63, 3.8) is 0 Å². The second kappa shape index (κ2) is 10.6. The summed E-state index contributed by atoms with van der Waals surface area (Å²) in [5.41, 5.74) is 2.39. The molecular formula is C24H33N3O3S. The molecular weight excluding hydrogens is 410 g/mol. The van der Waals surface area contributed by atoms with E-state index < -0.39 is 0 Å². The molecule has 1 atom stereocenters. The number of hydrogen-bond donors (Lipinski definition) is 1. The second-order valence-electron chi connectivity index (χ2n) is 7.99. The van der Waals surface area contributed by atoms with E-state index in [1.807, 2.05) is 30.1 Å². The third-order valence-corrected chi connectivity index (χ3v) is 7.14. The summed E-state index contributed by atoms with van der Waals surface area (Å²) >= 11 is 1.83. The van der Waals surface area contributed by atoms with E-state index >= 15 is 0 Å². The number of hydrogen-bond acceptors (Lipinski definition) is 7. The second-order valence-corrected chi connectivity index (χ2v) is 9.13. The summed E-state index contributed by atoms with van der Waals surface area (Å²) in [5.74, 6) is 1.25. The van der Waals surface area contributed by atoms with Gasteiger partial charge >= 0.3 is 0 Å². The molecule has 1 N–H and O–H groups in total. The predicted octanol–water partition coefficient (Wildman–Crippen LogP) is 4.01. The van der Waals surface area contributed by atoms with Crippen molar-refractivity contribution in [2.75, 3.05) is 64.4 Å². The molecule has 1 fully saturated rings. The summed E-state index contributed by atoms with van der Waals surface area (Å²) in [6.45, 7) is 10.0. The number of phenolic OH excluding ortho intramolecular Hbond substituents is 1. The molecule has 168 valence electrons. The molecule has 4 rings (SSSR count). The van der Waals surface area contributed by atoms with Gasteiger partial charge in [-0.25, -0.2) is 4.31 Å². The molecule has 31 heavy (non-hydrogen) atoms. The zero-order chi connectivity index (χ0) is 21.6. The molecule has 0 radical (unpaired) electrons. The van der Waals surface area contributed by atoms with Crippen LogP contribution in [0.1, 0.15) is 25.0 Å². The van der Waals surface area contributed by atoms with Crippen LogP contribution in [0.2, 0.25) is 0 Å². The molecule has 2 aromatic carbocycles. The highest BCUT2D eigenvalue weighted by Gasteiger charge is 2.29. The molecule has 2 aromatic rings. The van der Waals surface area contributed by atoms with Crippen molar-refractivity contribution < 1.29 is 14.6 Å². The molecule has 0 spiro atoms.